The molecule has 0 spiro atoms. The van der Waals surface area contributed by atoms with Crippen molar-refractivity contribution < 1.29 is 22.8 Å². The second-order valence-corrected chi connectivity index (χ2v) is 7.07. The smallest absolute Gasteiger partial charge is 0.327 e. The van der Waals surface area contributed by atoms with Crippen molar-refractivity contribution in [1.82, 2.24) is 10.6 Å². The van der Waals surface area contributed by atoms with Gasteiger partial charge >= 0.3 is 12.2 Å². The fourth-order valence-corrected chi connectivity index (χ4v) is 3.14. The summed E-state index contributed by atoms with van der Waals surface area (Å²) in [4.78, 5) is 24.7. The topological polar surface area (TPSA) is 70.2 Å². The van der Waals surface area contributed by atoms with Crippen LogP contribution in [-0.4, -0.2) is 11.9 Å². The van der Waals surface area contributed by atoms with Gasteiger partial charge in [-0.3, -0.25) is 4.79 Å². The first-order valence-electron chi connectivity index (χ1n) is 8.17. The van der Waals surface area contributed by atoms with E-state index in [0.717, 1.165) is 16.6 Å². The van der Waals surface area contributed by atoms with Gasteiger partial charge in [-0.25, -0.2) is 4.79 Å². The number of rotatable bonds is 3. The summed E-state index contributed by atoms with van der Waals surface area (Å²) in [6.07, 6.45) is -4.54. The zero-order valence-electron chi connectivity index (χ0n) is 14.5. The van der Waals surface area contributed by atoms with Gasteiger partial charge in [0.25, 0.3) is 5.91 Å². The highest BCUT2D eigenvalue weighted by Crippen LogP contribution is 2.33. The van der Waals surface area contributed by atoms with Gasteiger partial charge in [0.15, 0.2) is 0 Å². The highest BCUT2D eigenvalue weighted by atomic mass is 79.9. The molecule has 3 amide bonds. The third-order valence-electron chi connectivity index (χ3n) is 4.16. The number of allylic oxidation sites excluding steroid dienone is 1. The van der Waals surface area contributed by atoms with Crippen molar-refractivity contribution in [2.45, 2.75) is 19.1 Å². The maximum absolute atomic E-state index is 13.1. The average Bonchev–Trinajstić information content (AvgIpc) is 2.62. The zero-order valence-corrected chi connectivity index (χ0v) is 16.1. The Kier molecular flexibility index (Phi) is 5.46. The highest BCUT2D eigenvalue weighted by molar-refractivity contribution is 9.10. The van der Waals surface area contributed by atoms with E-state index in [-0.39, 0.29) is 16.8 Å². The molecule has 0 aliphatic carbocycles. The minimum absolute atomic E-state index is 0.127. The van der Waals surface area contributed by atoms with Crippen LogP contribution in [0, 0.1) is 0 Å². The summed E-state index contributed by atoms with van der Waals surface area (Å²) >= 11 is 3.30. The number of halogens is 4. The van der Waals surface area contributed by atoms with E-state index in [4.69, 9.17) is 0 Å². The maximum atomic E-state index is 13.1. The SMILES string of the molecule is CC1=C(C(=O)Nc2ccc(Br)cc2)C(c2cccc(C(F)(F)F)c2)NC(=O)N1. The fraction of sp³-hybridized carbons (Fsp3) is 0.158. The van der Waals surface area contributed by atoms with Crippen molar-refractivity contribution in [3.05, 3.63) is 75.4 Å². The molecule has 1 atom stereocenters. The van der Waals surface area contributed by atoms with E-state index in [2.05, 4.69) is 31.9 Å². The van der Waals surface area contributed by atoms with Crippen LogP contribution in [0.2, 0.25) is 0 Å². The average molecular weight is 454 g/mol. The van der Waals surface area contributed by atoms with E-state index in [1.807, 2.05) is 0 Å². The van der Waals surface area contributed by atoms with Gasteiger partial charge in [0.1, 0.15) is 0 Å². The van der Waals surface area contributed by atoms with Gasteiger partial charge in [-0.15, -0.1) is 0 Å². The second-order valence-electron chi connectivity index (χ2n) is 6.15. The van der Waals surface area contributed by atoms with Crippen LogP contribution >= 0.6 is 15.9 Å². The first kappa shape index (κ1) is 19.9. The van der Waals surface area contributed by atoms with Gasteiger partial charge in [0.2, 0.25) is 0 Å². The summed E-state index contributed by atoms with van der Waals surface area (Å²) in [6, 6.07) is 9.74. The van der Waals surface area contributed by atoms with Crippen LogP contribution in [0.4, 0.5) is 23.7 Å². The Bertz CT molecular complexity index is 956. The Morgan fingerprint density at radius 2 is 1.82 bits per heavy atom. The molecule has 3 N–H and O–H groups in total. The molecule has 2 aromatic rings. The summed E-state index contributed by atoms with van der Waals surface area (Å²) in [7, 11) is 0. The van der Waals surface area contributed by atoms with Gasteiger partial charge in [-0.05, 0) is 48.9 Å². The lowest BCUT2D eigenvalue weighted by molar-refractivity contribution is -0.137. The number of nitrogens with one attached hydrogen (secondary N) is 3. The molecular weight excluding hydrogens is 439 g/mol. The summed E-state index contributed by atoms with van der Waals surface area (Å²) in [6.45, 7) is 1.52. The van der Waals surface area contributed by atoms with E-state index in [1.165, 1.54) is 19.1 Å². The highest BCUT2D eigenvalue weighted by Gasteiger charge is 2.34. The number of alkyl halides is 3. The summed E-state index contributed by atoms with van der Waals surface area (Å²) < 4.78 is 40.0. The second kappa shape index (κ2) is 7.67. The molecule has 5 nitrogen and oxygen atoms in total. The van der Waals surface area contributed by atoms with E-state index >= 15 is 0 Å². The van der Waals surface area contributed by atoms with E-state index in [0.29, 0.717) is 5.69 Å². The van der Waals surface area contributed by atoms with Crippen LogP contribution in [0.3, 0.4) is 0 Å². The third-order valence-corrected chi connectivity index (χ3v) is 4.69. The first-order valence-corrected chi connectivity index (χ1v) is 8.97. The minimum Gasteiger partial charge on any atom is -0.327 e. The van der Waals surface area contributed by atoms with Crippen LogP contribution in [0.15, 0.2) is 64.3 Å². The largest absolute Gasteiger partial charge is 0.416 e. The normalized spacial score (nSPS) is 17.0. The number of carbonyl (C=O) groups is 2. The number of anilines is 1. The third kappa shape index (κ3) is 4.36. The van der Waals surface area contributed by atoms with Crippen molar-refractivity contribution in [2.75, 3.05) is 5.32 Å². The molecule has 3 rings (SSSR count). The Balaban J connectivity index is 1.97. The van der Waals surface area contributed by atoms with Crippen molar-refractivity contribution in [3.8, 4) is 0 Å². The standard InChI is InChI=1S/C19H15BrF3N3O2/c1-10-15(17(27)25-14-7-5-13(20)6-8-14)16(26-18(28)24-10)11-3-2-4-12(9-11)19(21,22)23/h2-9,16H,1H3,(H,25,27)(H2,24,26,28). The Labute approximate surface area is 167 Å². The molecule has 0 saturated heterocycles. The van der Waals surface area contributed by atoms with E-state index in [1.54, 1.807) is 24.3 Å². The molecule has 0 saturated carbocycles. The van der Waals surface area contributed by atoms with E-state index in [9.17, 15) is 22.8 Å². The Hall–Kier alpha value is -2.81. The van der Waals surface area contributed by atoms with Crippen molar-refractivity contribution >= 4 is 33.6 Å². The number of hydrogen-bond acceptors (Lipinski definition) is 2. The van der Waals surface area contributed by atoms with Crippen molar-refractivity contribution in [1.29, 1.82) is 0 Å². The number of hydrogen-bond donors (Lipinski definition) is 3. The van der Waals surface area contributed by atoms with Crippen LogP contribution in [0.5, 0.6) is 0 Å². The molecule has 1 aliphatic heterocycles. The van der Waals surface area contributed by atoms with Crippen molar-refractivity contribution in [2.24, 2.45) is 0 Å². The molecule has 0 fully saturated rings. The Morgan fingerprint density at radius 1 is 1.14 bits per heavy atom. The van der Waals surface area contributed by atoms with Gasteiger partial charge in [0, 0.05) is 15.9 Å². The molecule has 1 heterocycles. The molecule has 1 aliphatic rings. The molecule has 0 bridgehead atoms. The lowest BCUT2D eigenvalue weighted by Crippen LogP contribution is -2.46. The molecule has 1 unspecified atom stereocenters. The lowest BCUT2D eigenvalue weighted by atomic mass is 9.93. The van der Waals surface area contributed by atoms with Crippen LogP contribution in [-0.2, 0) is 11.0 Å². The van der Waals surface area contributed by atoms with Crippen LogP contribution in [0.25, 0.3) is 0 Å². The number of benzene rings is 2. The van der Waals surface area contributed by atoms with Crippen molar-refractivity contribution in [3.63, 3.8) is 0 Å². The Morgan fingerprint density at radius 3 is 2.46 bits per heavy atom. The number of amides is 3. The number of carbonyl (C=O) groups excluding carboxylic acids is 2. The summed E-state index contributed by atoms with van der Waals surface area (Å²) in [5.41, 5.74) is 0.198. The minimum atomic E-state index is -4.54. The summed E-state index contributed by atoms with van der Waals surface area (Å²) in [5.74, 6) is -0.533. The quantitative estimate of drug-likeness (QED) is 0.628. The van der Waals surface area contributed by atoms with Gasteiger partial charge in [-0.2, -0.15) is 13.2 Å². The molecule has 28 heavy (non-hydrogen) atoms. The van der Waals surface area contributed by atoms with Gasteiger partial charge in [0.05, 0.1) is 17.2 Å². The van der Waals surface area contributed by atoms with Gasteiger partial charge < -0.3 is 16.0 Å². The molecule has 9 heteroatoms. The molecule has 0 radical (unpaired) electrons. The zero-order chi connectivity index (χ0) is 20.5. The number of urea groups is 1. The summed E-state index contributed by atoms with van der Waals surface area (Å²) in [5, 5.41) is 7.71. The molecule has 2 aromatic carbocycles. The van der Waals surface area contributed by atoms with Crippen LogP contribution < -0.4 is 16.0 Å². The van der Waals surface area contributed by atoms with Gasteiger partial charge in [-0.1, -0.05) is 28.1 Å². The predicted octanol–water partition coefficient (Wildman–Crippen LogP) is 4.73. The first-order chi connectivity index (χ1) is 13.1. The fourth-order valence-electron chi connectivity index (χ4n) is 2.87. The monoisotopic (exact) mass is 453 g/mol. The molecular formula is C19H15BrF3N3O2. The predicted molar refractivity (Wildman–Crippen MR) is 101 cm³/mol. The lowest BCUT2D eigenvalue weighted by Gasteiger charge is -2.29. The maximum Gasteiger partial charge on any atom is 0.416 e. The molecule has 146 valence electrons. The van der Waals surface area contributed by atoms with E-state index < -0.39 is 29.7 Å². The van der Waals surface area contributed by atoms with Crippen LogP contribution in [0.1, 0.15) is 24.1 Å². The molecule has 0 aromatic heterocycles.